The van der Waals surface area contributed by atoms with Crippen molar-refractivity contribution in [2.24, 2.45) is 5.41 Å². The normalized spacial score (nSPS) is 11.8. The molecule has 0 aliphatic rings. The van der Waals surface area contributed by atoms with Crippen LogP contribution in [0.5, 0.6) is 0 Å². The molecule has 0 atom stereocenters. The number of thiazole rings is 1. The fourth-order valence-electron chi connectivity index (χ4n) is 1.68. The molecule has 0 saturated carbocycles. The summed E-state index contributed by atoms with van der Waals surface area (Å²) in [5.74, 6) is 0.113. The highest BCUT2D eigenvalue weighted by atomic mass is 32.1. The summed E-state index contributed by atoms with van der Waals surface area (Å²) in [5, 5.41) is 0.769. The molecule has 0 saturated heterocycles. The monoisotopic (exact) mass is 262 g/mol. The number of amides is 1. The minimum atomic E-state index is 0.00201. The molecule has 0 radical (unpaired) electrons. The molecule has 1 heterocycles. The van der Waals surface area contributed by atoms with Gasteiger partial charge in [-0.3, -0.25) is 9.69 Å². The Kier molecular flexibility index (Phi) is 3.39. The third kappa shape index (κ3) is 2.88. The van der Waals surface area contributed by atoms with Crippen molar-refractivity contribution in [1.82, 2.24) is 4.98 Å². The summed E-state index contributed by atoms with van der Waals surface area (Å²) < 4.78 is 1.11. The Hall–Kier alpha value is -1.42. The van der Waals surface area contributed by atoms with Crippen LogP contribution in [0.25, 0.3) is 10.2 Å². The summed E-state index contributed by atoms with van der Waals surface area (Å²) in [6, 6.07) is 7.94. The number of nitrogens with zero attached hydrogens (tertiary/aromatic N) is 2. The standard InChI is InChI=1S/C14H18N2OS/c1-14(2,3)9-12(17)16(4)13-15-10-7-5-6-8-11(10)18-13/h5-8H,9H2,1-4H3. The maximum Gasteiger partial charge on any atom is 0.229 e. The lowest BCUT2D eigenvalue weighted by atomic mass is 9.92. The van der Waals surface area contributed by atoms with E-state index in [0.29, 0.717) is 6.42 Å². The van der Waals surface area contributed by atoms with Crippen molar-refractivity contribution in [2.45, 2.75) is 27.2 Å². The van der Waals surface area contributed by atoms with Crippen LogP contribution in [0, 0.1) is 5.41 Å². The number of hydrogen-bond acceptors (Lipinski definition) is 3. The molecule has 4 heteroatoms. The van der Waals surface area contributed by atoms with Crippen LogP contribution >= 0.6 is 11.3 Å². The molecule has 3 nitrogen and oxygen atoms in total. The van der Waals surface area contributed by atoms with Crippen molar-refractivity contribution in [1.29, 1.82) is 0 Å². The van der Waals surface area contributed by atoms with Crippen molar-refractivity contribution >= 4 is 32.6 Å². The predicted octanol–water partition coefficient (Wildman–Crippen LogP) is 3.70. The van der Waals surface area contributed by atoms with Gasteiger partial charge >= 0.3 is 0 Å². The average Bonchev–Trinajstić information content (AvgIpc) is 2.68. The lowest BCUT2D eigenvalue weighted by Gasteiger charge is -2.21. The van der Waals surface area contributed by atoms with Crippen LogP contribution in [0.15, 0.2) is 24.3 Å². The zero-order valence-corrected chi connectivity index (χ0v) is 12.0. The average molecular weight is 262 g/mol. The highest BCUT2D eigenvalue weighted by molar-refractivity contribution is 7.22. The van der Waals surface area contributed by atoms with Gasteiger partial charge in [0.2, 0.25) is 5.91 Å². The molecule has 2 aromatic rings. The molecule has 1 amide bonds. The van der Waals surface area contributed by atoms with Gasteiger partial charge in [-0.2, -0.15) is 0 Å². The first-order valence-electron chi connectivity index (χ1n) is 5.99. The summed E-state index contributed by atoms with van der Waals surface area (Å²) in [4.78, 5) is 18.3. The number of carbonyl (C=O) groups excluding carboxylic acids is 1. The van der Waals surface area contributed by atoms with E-state index < -0.39 is 0 Å². The molecule has 1 aromatic heterocycles. The van der Waals surface area contributed by atoms with E-state index >= 15 is 0 Å². The smallest absolute Gasteiger partial charge is 0.229 e. The van der Waals surface area contributed by atoms with E-state index in [1.165, 1.54) is 0 Å². The number of carbonyl (C=O) groups is 1. The van der Waals surface area contributed by atoms with Gasteiger partial charge in [-0.1, -0.05) is 44.2 Å². The van der Waals surface area contributed by atoms with E-state index in [9.17, 15) is 4.79 Å². The van der Waals surface area contributed by atoms with E-state index in [0.717, 1.165) is 15.3 Å². The molecular formula is C14H18N2OS. The van der Waals surface area contributed by atoms with Crippen LogP contribution in [0.4, 0.5) is 5.13 Å². The number of aromatic nitrogens is 1. The summed E-state index contributed by atoms with van der Waals surface area (Å²) in [5.41, 5.74) is 0.954. The summed E-state index contributed by atoms with van der Waals surface area (Å²) >= 11 is 1.55. The fourth-order valence-corrected chi connectivity index (χ4v) is 2.63. The number of hydrogen-bond donors (Lipinski definition) is 0. The molecule has 0 N–H and O–H groups in total. The largest absolute Gasteiger partial charge is 0.291 e. The van der Waals surface area contributed by atoms with Gasteiger partial charge < -0.3 is 0 Å². The van der Waals surface area contributed by atoms with Crippen molar-refractivity contribution in [2.75, 3.05) is 11.9 Å². The van der Waals surface area contributed by atoms with Gasteiger partial charge in [-0.15, -0.1) is 0 Å². The lowest BCUT2D eigenvalue weighted by Crippen LogP contribution is -2.29. The number of para-hydroxylation sites is 1. The quantitative estimate of drug-likeness (QED) is 0.827. The van der Waals surface area contributed by atoms with Crippen molar-refractivity contribution in [3.63, 3.8) is 0 Å². The van der Waals surface area contributed by atoms with E-state index in [4.69, 9.17) is 0 Å². The maximum absolute atomic E-state index is 12.1. The van der Waals surface area contributed by atoms with Gasteiger partial charge in [-0.25, -0.2) is 4.98 Å². The molecule has 96 valence electrons. The first-order chi connectivity index (χ1) is 8.37. The van der Waals surface area contributed by atoms with Crippen LogP contribution < -0.4 is 4.90 Å². The molecule has 18 heavy (non-hydrogen) atoms. The fraction of sp³-hybridized carbons (Fsp3) is 0.429. The first kappa shape index (κ1) is 13.0. The predicted molar refractivity (Wildman–Crippen MR) is 77.1 cm³/mol. The second kappa shape index (κ2) is 4.69. The van der Waals surface area contributed by atoms with Gasteiger partial charge in [-0.05, 0) is 17.5 Å². The molecule has 2 rings (SSSR count). The van der Waals surface area contributed by atoms with Gasteiger partial charge in [0.15, 0.2) is 5.13 Å². The molecule has 0 aliphatic carbocycles. The molecule has 0 aliphatic heterocycles. The molecule has 1 aromatic carbocycles. The van der Waals surface area contributed by atoms with Gasteiger partial charge in [0.25, 0.3) is 0 Å². The third-order valence-electron chi connectivity index (χ3n) is 2.63. The van der Waals surface area contributed by atoms with Gasteiger partial charge in [0, 0.05) is 13.5 Å². The number of anilines is 1. The molecule has 0 spiro atoms. The first-order valence-corrected chi connectivity index (χ1v) is 6.80. The SMILES string of the molecule is CN(C(=O)CC(C)(C)C)c1nc2ccccc2s1. The van der Waals surface area contributed by atoms with E-state index in [-0.39, 0.29) is 11.3 Å². The highest BCUT2D eigenvalue weighted by Gasteiger charge is 2.21. The second-order valence-corrected chi connectivity index (χ2v) is 6.66. The Morgan fingerprint density at radius 2 is 2.00 bits per heavy atom. The Morgan fingerprint density at radius 1 is 1.33 bits per heavy atom. The van der Waals surface area contributed by atoms with Gasteiger partial charge in [0.1, 0.15) is 0 Å². The van der Waals surface area contributed by atoms with Crippen LogP contribution in [0.3, 0.4) is 0 Å². The zero-order valence-electron chi connectivity index (χ0n) is 11.2. The molecule has 0 unspecified atom stereocenters. The van der Waals surface area contributed by atoms with Crippen molar-refractivity contribution < 1.29 is 4.79 Å². The third-order valence-corrected chi connectivity index (χ3v) is 3.74. The van der Waals surface area contributed by atoms with E-state index in [1.54, 1.807) is 23.3 Å². The Balaban J connectivity index is 2.23. The molecular weight excluding hydrogens is 244 g/mol. The van der Waals surface area contributed by atoms with Crippen LogP contribution in [0.1, 0.15) is 27.2 Å². The van der Waals surface area contributed by atoms with E-state index in [2.05, 4.69) is 25.8 Å². The maximum atomic E-state index is 12.1. The zero-order chi connectivity index (χ0) is 13.3. The molecule has 0 fully saturated rings. The van der Waals surface area contributed by atoms with Crippen LogP contribution in [-0.2, 0) is 4.79 Å². The minimum Gasteiger partial charge on any atom is -0.291 e. The topological polar surface area (TPSA) is 33.2 Å². The molecule has 0 bridgehead atoms. The van der Waals surface area contributed by atoms with Crippen LogP contribution in [-0.4, -0.2) is 17.9 Å². The summed E-state index contributed by atoms with van der Waals surface area (Å²) in [6.07, 6.45) is 0.527. The number of benzene rings is 1. The summed E-state index contributed by atoms with van der Waals surface area (Å²) in [6.45, 7) is 6.20. The van der Waals surface area contributed by atoms with Crippen molar-refractivity contribution in [3.05, 3.63) is 24.3 Å². The van der Waals surface area contributed by atoms with Gasteiger partial charge in [0.05, 0.1) is 10.2 Å². The summed E-state index contributed by atoms with van der Waals surface area (Å²) in [7, 11) is 1.80. The Morgan fingerprint density at radius 3 is 2.61 bits per heavy atom. The Bertz CT molecular complexity index is 535. The van der Waals surface area contributed by atoms with Crippen molar-refractivity contribution in [3.8, 4) is 0 Å². The second-order valence-electron chi connectivity index (χ2n) is 5.65. The van der Waals surface area contributed by atoms with Crippen LogP contribution in [0.2, 0.25) is 0 Å². The number of fused-ring (bicyclic) bond motifs is 1. The minimum absolute atomic E-state index is 0.00201. The van der Waals surface area contributed by atoms with E-state index in [1.807, 2.05) is 24.3 Å². The lowest BCUT2D eigenvalue weighted by molar-refractivity contribution is -0.119. The highest BCUT2D eigenvalue weighted by Crippen LogP contribution is 2.29. The Labute approximate surface area is 111 Å². The number of rotatable bonds is 2.